The molecule has 1 aliphatic rings. The van der Waals surface area contributed by atoms with Gasteiger partial charge in [-0.05, 0) is 53.9 Å². The Balaban J connectivity index is 1.37. The summed E-state index contributed by atoms with van der Waals surface area (Å²) in [5.41, 5.74) is 4.17. The van der Waals surface area contributed by atoms with Gasteiger partial charge in [0.1, 0.15) is 17.3 Å². The lowest BCUT2D eigenvalue weighted by Gasteiger charge is -2.25. The SMILES string of the molecule is CNC(=O)C1Cc2cc(-n3nc(C(C)(C)C)cc3NC(=O)Nc3cccc(Oc4cccnc4)c3)ccc2CN1. The van der Waals surface area contributed by atoms with Gasteiger partial charge in [0, 0.05) is 43.0 Å². The van der Waals surface area contributed by atoms with Crippen molar-refractivity contribution in [2.45, 2.75) is 45.2 Å². The maximum atomic E-state index is 13.1. The number of ether oxygens (including phenoxy) is 1. The molecule has 4 aromatic rings. The highest BCUT2D eigenvalue weighted by molar-refractivity contribution is 5.99. The Morgan fingerprint density at radius 3 is 2.58 bits per heavy atom. The number of hydrogen-bond donors (Lipinski definition) is 4. The van der Waals surface area contributed by atoms with Crippen molar-refractivity contribution in [2.75, 3.05) is 17.7 Å². The van der Waals surface area contributed by atoms with E-state index in [1.165, 1.54) is 0 Å². The molecule has 1 atom stereocenters. The molecule has 1 aliphatic heterocycles. The van der Waals surface area contributed by atoms with Crippen LogP contribution in [0, 0.1) is 0 Å². The molecule has 10 nitrogen and oxygen atoms in total. The predicted molar refractivity (Wildman–Crippen MR) is 154 cm³/mol. The molecule has 2 aromatic carbocycles. The molecule has 0 spiro atoms. The van der Waals surface area contributed by atoms with E-state index in [0.29, 0.717) is 36.0 Å². The smallest absolute Gasteiger partial charge is 0.324 e. The molecule has 0 radical (unpaired) electrons. The van der Waals surface area contributed by atoms with Crippen LogP contribution in [0.4, 0.5) is 16.3 Å². The van der Waals surface area contributed by atoms with Gasteiger partial charge in [0.25, 0.3) is 0 Å². The fourth-order valence-electron chi connectivity index (χ4n) is 4.48. The van der Waals surface area contributed by atoms with E-state index in [1.54, 1.807) is 54.5 Å². The maximum absolute atomic E-state index is 13.1. The molecule has 0 fully saturated rings. The summed E-state index contributed by atoms with van der Waals surface area (Å²) in [4.78, 5) is 29.4. The highest BCUT2D eigenvalue weighted by Crippen LogP contribution is 2.29. The number of anilines is 2. The van der Waals surface area contributed by atoms with Crippen LogP contribution in [-0.4, -0.2) is 39.8 Å². The van der Waals surface area contributed by atoms with Crippen LogP contribution in [0.5, 0.6) is 11.5 Å². The van der Waals surface area contributed by atoms with E-state index in [0.717, 1.165) is 22.5 Å². The summed E-state index contributed by atoms with van der Waals surface area (Å²) in [6.45, 7) is 6.83. The molecule has 0 saturated carbocycles. The molecule has 0 saturated heterocycles. The Hall–Kier alpha value is -4.70. The Kier molecular flexibility index (Phi) is 7.52. The second-order valence-corrected chi connectivity index (χ2v) is 10.7. The largest absolute Gasteiger partial charge is 0.456 e. The van der Waals surface area contributed by atoms with Gasteiger partial charge < -0.3 is 20.7 Å². The molecule has 4 N–H and O–H groups in total. The van der Waals surface area contributed by atoms with Gasteiger partial charge >= 0.3 is 6.03 Å². The number of carbonyl (C=O) groups is 2. The van der Waals surface area contributed by atoms with Gasteiger partial charge in [-0.25, -0.2) is 9.48 Å². The number of likely N-dealkylation sites (N-methyl/N-ethyl adjacent to an activating group) is 1. The number of urea groups is 1. The van der Waals surface area contributed by atoms with E-state index in [2.05, 4.69) is 47.0 Å². The number of amides is 3. The molecule has 3 amide bonds. The molecular weight excluding hydrogens is 506 g/mol. The van der Waals surface area contributed by atoms with Crippen molar-refractivity contribution < 1.29 is 14.3 Å². The monoisotopic (exact) mass is 539 g/mol. The van der Waals surface area contributed by atoms with Crippen LogP contribution in [0.1, 0.15) is 37.6 Å². The highest BCUT2D eigenvalue weighted by atomic mass is 16.5. The van der Waals surface area contributed by atoms with E-state index >= 15 is 0 Å². The Morgan fingerprint density at radius 1 is 1.00 bits per heavy atom. The van der Waals surface area contributed by atoms with Crippen molar-refractivity contribution in [3.05, 3.63) is 89.9 Å². The first-order valence-corrected chi connectivity index (χ1v) is 13.1. The Bertz CT molecular complexity index is 1530. The number of fused-ring (bicyclic) bond motifs is 1. The van der Waals surface area contributed by atoms with Crippen molar-refractivity contribution in [2.24, 2.45) is 0 Å². The summed E-state index contributed by atoms with van der Waals surface area (Å²) in [5, 5.41) is 16.7. The summed E-state index contributed by atoms with van der Waals surface area (Å²) < 4.78 is 7.57. The normalized spacial score (nSPS) is 14.7. The fraction of sp³-hybridized carbons (Fsp3) is 0.267. The molecule has 10 heteroatoms. The molecular formula is C30H33N7O3. The third-order valence-electron chi connectivity index (χ3n) is 6.64. The van der Waals surface area contributed by atoms with Gasteiger partial charge in [-0.3, -0.25) is 15.1 Å². The highest BCUT2D eigenvalue weighted by Gasteiger charge is 2.25. The maximum Gasteiger partial charge on any atom is 0.324 e. The van der Waals surface area contributed by atoms with Gasteiger partial charge in [0.05, 0.1) is 23.6 Å². The summed E-state index contributed by atoms with van der Waals surface area (Å²) in [7, 11) is 1.64. The summed E-state index contributed by atoms with van der Waals surface area (Å²) >= 11 is 0. The minimum Gasteiger partial charge on any atom is -0.456 e. The van der Waals surface area contributed by atoms with Gasteiger partial charge in [0.15, 0.2) is 0 Å². The lowest BCUT2D eigenvalue weighted by Crippen LogP contribution is -2.46. The van der Waals surface area contributed by atoms with E-state index in [1.807, 2.05) is 30.3 Å². The van der Waals surface area contributed by atoms with Gasteiger partial charge in [-0.2, -0.15) is 5.10 Å². The fourth-order valence-corrected chi connectivity index (χ4v) is 4.48. The lowest BCUT2D eigenvalue weighted by molar-refractivity contribution is -0.122. The molecule has 2 aromatic heterocycles. The van der Waals surface area contributed by atoms with E-state index < -0.39 is 6.03 Å². The quantitative estimate of drug-likeness (QED) is 0.280. The number of aromatic nitrogens is 3. The minimum atomic E-state index is -0.415. The number of nitrogens with one attached hydrogen (secondary N) is 4. The van der Waals surface area contributed by atoms with Crippen molar-refractivity contribution >= 4 is 23.4 Å². The first-order valence-electron chi connectivity index (χ1n) is 13.1. The van der Waals surface area contributed by atoms with Crippen LogP contribution in [0.15, 0.2) is 73.1 Å². The van der Waals surface area contributed by atoms with Gasteiger partial charge in [-0.15, -0.1) is 0 Å². The average Bonchev–Trinajstić information content (AvgIpc) is 3.37. The number of hydrogen-bond acceptors (Lipinski definition) is 6. The topological polar surface area (TPSA) is 122 Å². The van der Waals surface area contributed by atoms with Crippen LogP contribution in [0.2, 0.25) is 0 Å². The molecule has 0 aliphatic carbocycles. The van der Waals surface area contributed by atoms with Crippen molar-refractivity contribution in [1.82, 2.24) is 25.4 Å². The van der Waals surface area contributed by atoms with Gasteiger partial charge in [0.2, 0.25) is 5.91 Å². The third kappa shape index (κ3) is 6.13. The Labute approximate surface area is 233 Å². The van der Waals surface area contributed by atoms with Crippen LogP contribution in [0.25, 0.3) is 5.69 Å². The standard InChI is InChI=1S/C30H33N7O3/c1-30(2,3)26-16-27(35-29(39)34-21-7-5-8-23(15-21)40-24-9-6-12-32-18-24)37(36-26)22-11-10-19-17-33-25(28(38)31-4)14-20(19)13-22/h5-13,15-16,18,25,33H,14,17H2,1-4H3,(H,31,38)(H2,34,35,39). The molecule has 1 unspecified atom stereocenters. The number of rotatable bonds is 6. The molecule has 40 heavy (non-hydrogen) atoms. The van der Waals surface area contributed by atoms with E-state index in [9.17, 15) is 9.59 Å². The van der Waals surface area contributed by atoms with Crippen LogP contribution >= 0.6 is 0 Å². The zero-order valence-electron chi connectivity index (χ0n) is 23.0. The minimum absolute atomic E-state index is 0.0425. The summed E-state index contributed by atoms with van der Waals surface area (Å²) in [6, 6.07) is 18.0. The number of benzene rings is 2. The Morgan fingerprint density at radius 2 is 1.82 bits per heavy atom. The van der Waals surface area contributed by atoms with E-state index in [4.69, 9.17) is 9.84 Å². The number of nitrogens with zero attached hydrogens (tertiary/aromatic N) is 3. The first-order chi connectivity index (χ1) is 19.2. The summed E-state index contributed by atoms with van der Waals surface area (Å²) in [6.07, 6.45) is 3.86. The molecule has 5 rings (SSSR count). The average molecular weight is 540 g/mol. The summed E-state index contributed by atoms with van der Waals surface area (Å²) in [5.74, 6) is 1.66. The number of pyridine rings is 1. The first kappa shape index (κ1) is 26.9. The van der Waals surface area contributed by atoms with Crippen molar-refractivity contribution in [1.29, 1.82) is 0 Å². The zero-order chi connectivity index (χ0) is 28.3. The zero-order valence-corrected chi connectivity index (χ0v) is 23.0. The van der Waals surface area contributed by atoms with Crippen LogP contribution in [0.3, 0.4) is 0 Å². The van der Waals surface area contributed by atoms with Crippen LogP contribution in [-0.2, 0) is 23.2 Å². The molecule has 0 bridgehead atoms. The second kappa shape index (κ2) is 11.2. The van der Waals surface area contributed by atoms with Crippen molar-refractivity contribution in [3.63, 3.8) is 0 Å². The lowest BCUT2D eigenvalue weighted by atomic mass is 9.92. The third-order valence-corrected chi connectivity index (χ3v) is 6.64. The second-order valence-electron chi connectivity index (χ2n) is 10.7. The van der Waals surface area contributed by atoms with Crippen LogP contribution < -0.4 is 26.0 Å². The molecule has 206 valence electrons. The van der Waals surface area contributed by atoms with Crippen molar-refractivity contribution in [3.8, 4) is 17.2 Å². The number of carbonyl (C=O) groups excluding carboxylic acids is 2. The van der Waals surface area contributed by atoms with Gasteiger partial charge in [-0.1, -0.05) is 32.9 Å². The van der Waals surface area contributed by atoms with E-state index in [-0.39, 0.29) is 17.4 Å². The predicted octanol–water partition coefficient (Wildman–Crippen LogP) is 4.76. The molecule has 3 heterocycles.